The standard InChI is InChI=1S/C25H20F3N3O3.C24H18F3N3O2.C7H9N.C2H6/c1-34-22(33)13-12-17-14-19(25(26,27)28)23-20(32)15-21(29-16-8-4-2-5-9-16)31(24(23)30-17)18-10-6-3-7-11-18;25-24(26,27)19-14-17(10-7-13-31)29-23-22(19)20(32)15-21(28-16-8-3-1-4-9-16)30(23)18-11-5-2-6-12-18;1-8-7-5-3-2-4-6-7;1-2/h2-11,14-15,29H,12-13H2,1H3;1-6,8-9,11-15,28H,7,10H2;2-6,8H,1H3;1-2H3. The number of alkyl halides is 6. The predicted molar refractivity (Wildman–Crippen MR) is 286 cm³/mol. The number of carbonyl (C=O) groups excluding carboxylic acids is 2. The van der Waals surface area contributed by atoms with Crippen molar-refractivity contribution in [2.75, 3.05) is 30.1 Å². The lowest BCUT2D eigenvalue weighted by Gasteiger charge is -2.20. The summed E-state index contributed by atoms with van der Waals surface area (Å²) in [7, 11) is 3.11. The number of nitrogens with one attached hydrogen (secondary N) is 3. The van der Waals surface area contributed by atoms with E-state index in [1.165, 1.54) is 16.2 Å². The van der Waals surface area contributed by atoms with Crippen molar-refractivity contribution in [2.24, 2.45) is 0 Å². The number of benzene rings is 5. The van der Waals surface area contributed by atoms with Gasteiger partial charge in [0, 0.05) is 71.8 Å². The van der Waals surface area contributed by atoms with E-state index in [0.29, 0.717) is 29.0 Å². The minimum Gasteiger partial charge on any atom is -0.469 e. The summed E-state index contributed by atoms with van der Waals surface area (Å²) in [5.74, 6) is -0.0518. The predicted octanol–water partition coefficient (Wildman–Crippen LogP) is 13.3. The number of ether oxygens (including phenoxy) is 1. The van der Waals surface area contributed by atoms with Crippen LogP contribution in [-0.2, 0) is 39.5 Å². The van der Waals surface area contributed by atoms with Crippen LogP contribution in [0, 0.1) is 0 Å². The van der Waals surface area contributed by atoms with Crippen LogP contribution in [0.2, 0.25) is 0 Å². The molecular formula is C58H53F6N7O5. The molecule has 0 bridgehead atoms. The first-order chi connectivity index (χ1) is 36.6. The molecule has 0 spiro atoms. The van der Waals surface area contributed by atoms with Gasteiger partial charge in [-0.3, -0.25) is 23.5 Å². The highest BCUT2D eigenvalue weighted by Crippen LogP contribution is 2.37. The topological polar surface area (TPSA) is 149 Å². The number of aldehydes is 1. The van der Waals surface area contributed by atoms with Crippen molar-refractivity contribution in [2.45, 2.75) is 51.9 Å². The zero-order valence-corrected chi connectivity index (χ0v) is 41.7. The molecule has 9 rings (SSSR count). The van der Waals surface area contributed by atoms with Crippen LogP contribution in [0.3, 0.4) is 0 Å². The fourth-order valence-electron chi connectivity index (χ4n) is 7.77. The summed E-state index contributed by atoms with van der Waals surface area (Å²) < 4.78 is 91.4. The third kappa shape index (κ3) is 14.4. The molecule has 0 radical (unpaired) electrons. The van der Waals surface area contributed by atoms with Crippen LogP contribution in [0.15, 0.2) is 186 Å². The van der Waals surface area contributed by atoms with E-state index in [-0.39, 0.29) is 60.0 Å². The van der Waals surface area contributed by atoms with E-state index in [4.69, 9.17) is 0 Å². The molecule has 0 unspecified atom stereocenters. The van der Waals surface area contributed by atoms with Crippen molar-refractivity contribution < 1.29 is 40.7 Å². The van der Waals surface area contributed by atoms with Gasteiger partial charge in [-0.15, -0.1) is 0 Å². The molecule has 18 heteroatoms. The molecule has 5 aromatic carbocycles. The Morgan fingerprint density at radius 3 is 1.24 bits per heavy atom. The first-order valence-electron chi connectivity index (χ1n) is 23.9. The highest BCUT2D eigenvalue weighted by Gasteiger charge is 2.37. The maximum atomic E-state index is 14.0. The van der Waals surface area contributed by atoms with Gasteiger partial charge in [-0.05, 0) is 79.2 Å². The van der Waals surface area contributed by atoms with E-state index in [9.17, 15) is 45.5 Å². The molecule has 0 aliphatic heterocycles. The summed E-state index contributed by atoms with van der Waals surface area (Å²) in [4.78, 5) is 57.1. The Morgan fingerprint density at radius 1 is 0.553 bits per heavy atom. The van der Waals surface area contributed by atoms with Gasteiger partial charge in [-0.25, -0.2) is 9.97 Å². The van der Waals surface area contributed by atoms with E-state index < -0.39 is 51.1 Å². The Balaban J connectivity index is 0.000000209. The third-order valence-electron chi connectivity index (χ3n) is 11.2. The van der Waals surface area contributed by atoms with Gasteiger partial charge < -0.3 is 25.5 Å². The van der Waals surface area contributed by atoms with Crippen LogP contribution < -0.4 is 26.8 Å². The smallest absolute Gasteiger partial charge is 0.417 e. The quantitative estimate of drug-likeness (QED) is 0.0579. The zero-order valence-electron chi connectivity index (χ0n) is 41.7. The number of hydrogen-bond donors (Lipinski definition) is 3. The number of carbonyl (C=O) groups is 2. The van der Waals surface area contributed by atoms with Gasteiger partial charge in [0.15, 0.2) is 22.2 Å². The minimum atomic E-state index is -4.80. The van der Waals surface area contributed by atoms with E-state index in [2.05, 4.69) is 30.7 Å². The van der Waals surface area contributed by atoms with Crippen LogP contribution in [0.4, 0.5) is 55.0 Å². The Hall–Kier alpha value is -9.06. The highest BCUT2D eigenvalue weighted by molar-refractivity contribution is 5.86. The van der Waals surface area contributed by atoms with Crippen LogP contribution in [0.5, 0.6) is 0 Å². The Kier molecular flexibility index (Phi) is 19.4. The summed E-state index contributed by atoms with van der Waals surface area (Å²) in [6.07, 6.45) is -9.12. The molecule has 0 saturated carbocycles. The number of aryl methyl sites for hydroxylation is 2. The molecule has 4 heterocycles. The Bertz CT molecular complexity index is 3470. The van der Waals surface area contributed by atoms with E-state index in [0.717, 1.165) is 30.0 Å². The van der Waals surface area contributed by atoms with Crippen molar-refractivity contribution in [3.8, 4) is 11.4 Å². The van der Waals surface area contributed by atoms with Crippen molar-refractivity contribution >= 4 is 63.0 Å². The van der Waals surface area contributed by atoms with Crippen molar-refractivity contribution in [1.82, 2.24) is 19.1 Å². The maximum Gasteiger partial charge on any atom is 0.417 e. The summed E-state index contributed by atoms with van der Waals surface area (Å²) in [5, 5.41) is 8.18. The number of esters is 1. The number of halogens is 6. The molecule has 392 valence electrons. The fourth-order valence-corrected chi connectivity index (χ4v) is 7.77. The van der Waals surface area contributed by atoms with E-state index in [1.54, 1.807) is 109 Å². The van der Waals surface area contributed by atoms with Crippen molar-refractivity contribution in [3.63, 3.8) is 0 Å². The summed E-state index contributed by atoms with van der Waals surface area (Å²) in [6, 6.07) is 49.3. The number of aromatic nitrogens is 4. The molecule has 0 amide bonds. The first kappa shape index (κ1) is 56.2. The van der Waals surface area contributed by atoms with Crippen LogP contribution >= 0.6 is 0 Å². The van der Waals surface area contributed by atoms with Crippen molar-refractivity contribution in [3.05, 3.63) is 219 Å². The number of pyridine rings is 4. The summed E-state index contributed by atoms with van der Waals surface area (Å²) in [6.45, 7) is 4.00. The summed E-state index contributed by atoms with van der Waals surface area (Å²) >= 11 is 0. The molecule has 76 heavy (non-hydrogen) atoms. The van der Waals surface area contributed by atoms with Gasteiger partial charge in [0.05, 0.1) is 35.4 Å². The van der Waals surface area contributed by atoms with Crippen LogP contribution in [-0.4, -0.2) is 45.5 Å². The van der Waals surface area contributed by atoms with Gasteiger partial charge in [0.1, 0.15) is 17.9 Å². The molecule has 3 N–H and O–H groups in total. The Morgan fingerprint density at radius 2 is 0.908 bits per heavy atom. The minimum absolute atomic E-state index is 0.0196. The lowest BCUT2D eigenvalue weighted by molar-refractivity contribution is -0.140. The number of fused-ring (bicyclic) bond motifs is 2. The monoisotopic (exact) mass is 1040 g/mol. The van der Waals surface area contributed by atoms with E-state index >= 15 is 0 Å². The van der Waals surface area contributed by atoms with Gasteiger partial charge in [-0.2, -0.15) is 26.3 Å². The normalized spacial score (nSPS) is 10.9. The average Bonchev–Trinajstić information content (AvgIpc) is 3.43. The molecule has 0 aliphatic carbocycles. The molecule has 0 fully saturated rings. The first-order valence-corrected chi connectivity index (χ1v) is 23.9. The highest BCUT2D eigenvalue weighted by atomic mass is 19.4. The number of nitrogens with zero attached hydrogens (tertiary/aromatic N) is 4. The largest absolute Gasteiger partial charge is 0.469 e. The second-order valence-electron chi connectivity index (χ2n) is 16.2. The Labute approximate surface area is 433 Å². The second kappa shape index (κ2) is 26.2. The molecule has 12 nitrogen and oxygen atoms in total. The van der Waals surface area contributed by atoms with Gasteiger partial charge in [-0.1, -0.05) is 105 Å². The zero-order chi connectivity index (χ0) is 54.8. The third-order valence-corrected chi connectivity index (χ3v) is 11.2. The van der Waals surface area contributed by atoms with Gasteiger partial charge in [0.25, 0.3) is 0 Å². The maximum absolute atomic E-state index is 14.0. The number of rotatable bonds is 13. The number of anilines is 5. The average molecular weight is 1040 g/mol. The molecular weight excluding hydrogens is 989 g/mol. The molecule has 0 saturated heterocycles. The van der Waals surface area contributed by atoms with Crippen LogP contribution in [0.1, 0.15) is 49.2 Å². The number of hydrogen-bond acceptors (Lipinski definition) is 10. The molecule has 0 aliphatic rings. The molecule has 0 atom stereocenters. The SMILES string of the molecule is CC.CNc1ccccc1.COC(=O)CCc1cc(C(F)(F)F)c2c(=O)cc(Nc3ccccc3)n(-c3ccccc3)c2n1.O=CCCc1cc(C(F)(F)F)c2c(=O)cc(Nc3ccccc3)n(-c3ccccc3)c2n1. The number of methoxy groups -OCH3 is 1. The molecule has 9 aromatic rings. The van der Waals surface area contributed by atoms with Gasteiger partial charge >= 0.3 is 18.3 Å². The fraction of sp³-hybridized carbons (Fsp3) is 0.172. The second-order valence-corrected chi connectivity index (χ2v) is 16.2. The van der Waals surface area contributed by atoms with Crippen molar-refractivity contribution in [1.29, 1.82) is 0 Å². The lowest BCUT2D eigenvalue weighted by Crippen LogP contribution is -2.19. The summed E-state index contributed by atoms with van der Waals surface area (Å²) in [5.41, 5.74) is -0.468. The molecule has 4 aromatic heterocycles. The number of para-hydroxylation sites is 5. The van der Waals surface area contributed by atoms with Gasteiger partial charge in [0.2, 0.25) is 0 Å². The lowest BCUT2D eigenvalue weighted by atomic mass is 10.1. The van der Waals surface area contributed by atoms with E-state index in [1.807, 2.05) is 63.4 Å². The van der Waals surface area contributed by atoms with Crippen LogP contribution in [0.25, 0.3) is 33.4 Å².